The molecule has 0 fully saturated rings. The van der Waals surface area contributed by atoms with Crippen molar-refractivity contribution in [2.45, 2.75) is 12.9 Å². The van der Waals surface area contributed by atoms with Gasteiger partial charge in [-0.05, 0) is 24.3 Å². The number of carbonyl (C=O) groups is 1. The molecular formula is C15H11F3N4O2. The van der Waals surface area contributed by atoms with Crippen molar-refractivity contribution in [3.8, 4) is 5.75 Å². The van der Waals surface area contributed by atoms with E-state index in [1.54, 1.807) is 24.3 Å². The maximum atomic E-state index is 12.2. The Hall–Kier alpha value is -3.10. The molecule has 0 bridgehead atoms. The summed E-state index contributed by atoms with van der Waals surface area (Å²) in [5, 5.41) is 10.3. The molecule has 124 valence electrons. The van der Waals surface area contributed by atoms with E-state index < -0.39 is 18.0 Å². The number of ether oxygens (including phenoxy) is 1. The summed E-state index contributed by atoms with van der Waals surface area (Å²) in [5.41, 5.74) is 1.51. The van der Waals surface area contributed by atoms with E-state index in [1.165, 1.54) is 16.8 Å². The second-order valence-electron chi connectivity index (χ2n) is 4.86. The lowest BCUT2D eigenvalue weighted by atomic mass is 10.3. The summed E-state index contributed by atoms with van der Waals surface area (Å²) >= 11 is 0. The van der Waals surface area contributed by atoms with Gasteiger partial charge in [0.05, 0.1) is 5.52 Å². The molecule has 6 nitrogen and oxygen atoms in total. The quantitative estimate of drug-likeness (QED) is 0.795. The zero-order valence-corrected chi connectivity index (χ0v) is 12.1. The minimum Gasteiger partial charge on any atom is -0.406 e. The Labute approximate surface area is 133 Å². The Balaban J connectivity index is 1.70. The summed E-state index contributed by atoms with van der Waals surface area (Å²) < 4.78 is 41.8. The Kier molecular flexibility index (Phi) is 4.07. The third-order valence-electron chi connectivity index (χ3n) is 3.06. The molecule has 3 rings (SSSR count). The molecule has 24 heavy (non-hydrogen) atoms. The van der Waals surface area contributed by atoms with E-state index in [9.17, 15) is 18.0 Å². The second-order valence-corrected chi connectivity index (χ2v) is 4.86. The molecule has 0 saturated heterocycles. The van der Waals surface area contributed by atoms with Gasteiger partial charge in [-0.2, -0.15) is 0 Å². The molecule has 0 aliphatic heterocycles. The minimum atomic E-state index is -4.79. The van der Waals surface area contributed by atoms with Gasteiger partial charge in [-0.3, -0.25) is 4.79 Å². The topological polar surface area (TPSA) is 69.0 Å². The summed E-state index contributed by atoms with van der Waals surface area (Å²) in [6.45, 7) is -0.120. The zero-order valence-electron chi connectivity index (χ0n) is 12.1. The van der Waals surface area contributed by atoms with E-state index in [2.05, 4.69) is 20.4 Å². The SMILES string of the molecule is O=C(Cn1nnc2ccccc21)Nc1cccc(OC(F)(F)F)c1. The van der Waals surface area contributed by atoms with Crippen LogP contribution >= 0.6 is 0 Å². The Morgan fingerprint density at radius 3 is 2.75 bits per heavy atom. The molecule has 3 aromatic rings. The lowest BCUT2D eigenvalue weighted by Gasteiger charge is -2.10. The van der Waals surface area contributed by atoms with Crippen LogP contribution in [0.4, 0.5) is 18.9 Å². The molecule has 1 N–H and O–H groups in total. The van der Waals surface area contributed by atoms with Crippen LogP contribution in [0.5, 0.6) is 5.75 Å². The summed E-state index contributed by atoms with van der Waals surface area (Å²) in [7, 11) is 0. The summed E-state index contributed by atoms with van der Waals surface area (Å²) in [4.78, 5) is 12.1. The van der Waals surface area contributed by atoms with E-state index in [-0.39, 0.29) is 12.2 Å². The van der Waals surface area contributed by atoms with Crippen molar-refractivity contribution in [1.82, 2.24) is 15.0 Å². The molecule has 0 aliphatic rings. The van der Waals surface area contributed by atoms with Crippen LogP contribution in [0, 0.1) is 0 Å². The van der Waals surface area contributed by atoms with Gasteiger partial charge in [0.25, 0.3) is 0 Å². The standard InChI is InChI=1S/C15H11F3N4O2/c16-15(17,18)24-11-5-3-4-10(8-11)19-14(23)9-22-13-7-2-1-6-12(13)20-21-22/h1-8H,9H2,(H,19,23). The van der Waals surface area contributed by atoms with Crippen molar-refractivity contribution in [3.05, 3.63) is 48.5 Å². The number of halogens is 3. The highest BCUT2D eigenvalue weighted by Gasteiger charge is 2.31. The minimum absolute atomic E-state index is 0.120. The van der Waals surface area contributed by atoms with Crippen LogP contribution in [0.15, 0.2) is 48.5 Å². The molecule has 9 heteroatoms. The summed E-state index contributed by atoms with van der Waals surface area (Å²) in [6.07, 6.45) is -4.79. The molecule has 1 heterocycles. The van der Waals surface area contributed by atoms with Gasteiger partial charge in [0, 0.05) is 11.8 Å². The molecule has 2 aromatic carbocycles. The molecule has 0 unspecified atom stereocenters. The molecular weight excluding hydrogens is 325 g/mol. The largest absolute Gasteiger partial charge is 0.573 e. The average Bonchev–Trinajstić information content (AvgIpc) is 2.89. The summed E-state index contributed by atoms with van der Waals surface area (Å²) in [5.74, 6) is -0.860. The van der Waals surface area contributed by atoms with Crippen molar-refractivity contribution < 1.29 is 22.7 Å². The van der Waals surface area contributed by atoms with E-state index >= 15 is 0 Å². The van der Waals surface area contributed by atoms with Gasteiger partial charge < -0.3 is 10.1 Å². The highest BCUT2D eigenvalue weighted by atomic mass is 19.4. The maximum Gasteiger partial charge on any atom is 0.573 e. The van der Waals surface area contributed by atoms with Crippen LogP contribution in [0.1, 0.15) is 0 Å². The number of hydrogen-bond donors (Lipinski definition) is 1. The van der Waals surface area contributed by atoms with Crippen LogP contribution in [-0.2, 0) is 11.3 Å². The number of fused-ring (bicyclic) bond motifs is 1. The average molecular weight is 336 g/mol. The third kappa shape index (κ3) is 3.80. The first kappa shape index (κ1) is 15.8. The lowest BCUT2D eigenvalue weighted by molar-refractivity contribution is -0.274. The molecule has 1 aromatic heterocycles. The fourth-order valence-electron chi connectivity index (χ4n) is 2.14. The lowest BCUT2D eigenvalue weighted by Crippen LogP contribution is -2.20. The number of anilines is 1. The van der Waals surface area contributed by atoms with Gasteiger partial charge >= 0.3 is 6.36 Å². The Morgan fingerprint density at radius 1 is 1.17 bits per heavy atom. The maximum absolute atomic E-state index is 12.2. The number of benzene rings is 2. The number of alkyl halides is 3. The molecule has 1 amide bonds. The summed E-state index contributed by atoms with van der Waals surface area (Å²) in [6, 6.07) is 12.2. The second kappa shape index (κ2) is 6.19. The van der Waals surface area contributed by atoms with Crippen molar-refractivity contribution in [3.63, 3.8) is 0 Å². The van der Waals surface area contributed by atoms with Crippen LogP contribution < -0.4 is 10.1 Å². The van der Waals surface area contributed by atoms with Gasteiger partial charge in [0.1, 0.15) is 17.8 Å². The van der Waals surface area contributed by atoms with Crippen LogP contribution in [0.2, 0.25) is 0 Å². The fraction of sp³-hybridized carbons (Fsp3) is 0.133. The highest BCUT2D eigenvalue weighted by molar-refractivity contribution is 5.91. The fourth-order valence-corrected chi connectivity index (χ4v) is 2.14. The van der Waals surface area contributed by atoms with E-state index in [0.717, 1.165) is 12.1 Å². The molecule has 0 saturated carbocycles. The van der Waals surface area contributed by atoms with Crippen LogP contribution in [0.3, 0.4) is 0 Å². The predicted octanol–water partition coefficient (Wildman–Crippen LogP) is 2.97. The van der Waals surface area contributed by atoms with E-state index in [4.69, 9.17) is 0 Å². The number of para-hydroxylation sites is 1. The Morgan fingerprint density at radius 2 is 1.96 bits per heavy atom. The van der Waals surface area contributed by atoms with E-state index in [1.807, 2.05) is 0 Å². The smallest absolute Gasteiger partial charge is 0.406 e. The number of rotatable bonds is 4. The number of nitrogens with one attached hydrogen (secondary N) is 1. The monoisotopic (exact) mass is 336 g/mol. The molecule has 0 atom stereocenters. The molecule has 0 spiro atoms. The van der Waals surface area contributed by atoms with Crippen molar-refractivity contribution in [2.75, 3.05) is 5.32 Å². The first-order valence-electron chi connectivity index (χ1n) is 6.85. The first-order chi connectivity index (χ1) is 11.4. The number of nitrogens with zero attached hydrogens (tertiary/aromatic N) is 3. The van der Waals surface area contributed by atoms with Crippen molar-refractivity contribution >= 4 is 22.6 Å². The van der Waals surface area contributed by atoms with E-state index in [0.29, 0.717) is 11.0 Å². The number of aromatic nitrogens is 3. The third-order valence-corrected chi connectivity index (χ3v) is 3.06. The van der Waals surface area contributed by atoms with Crippen molar-refractivity contribution in [1.29, 1.82) is 0 Å². The van der Waals surface area contributed by atoms with Gasteiger partial charge in [0.2, 0.25) is 5.91 Å². The van der Waals surface area contributed by atoms with Crippen LogP contribution in [0.25, 0.3) is 11.0 Å². The molecule has 0 radical (unpaired) electrons. The van der Waals surface area contributed by atoms with Gasteiger partial charge in [-0.1, -0.05) is 23.4 Å². The number of amides is 1. The molecule has 0 aliphatic carbocycles. The number of carbonyl (C=O) groups excluding carboxylic acids is 1. The van der Waals surface area contributed by atoms with Gasteiger partial charge in [-0.15, -0.1) is 18.3 Å². The van der Waals surface area contributed by atoms with Gasteiger partial charge in [-0.25, -0.2) is 4.68 Å². The van der Waals surface area contributed by atoms with Crippen molar-refractivity contribution in [2.24, 2.45) is 0 Å². The Bertz CT molecular complexity index is 876. The highest BCUT2D eigenvalue weighted by Crippen LogP contribution is 2.25. The number of hydrogen-bond acceptors (Lipinski definition) is 4. The van der Waals surface area contributed by atoms with Crippen LogP contribution in [-0.4, -0.2) is 27.3 Å². The normalized spacial score (nSPS) is 11.5. The van der Waals surface area contributed by atoms with Gasteiger partial charge in [0.15, 0.2) is 0 Å². The zero-order chi connectivity index (χ0) is 17.2. The first-order valence-corrected chi connectivity index (χ1v) is 6.85. The predicted molar refractivity (Wildman–Crippen MR) is 79.3 cm³/mol.